The highest BCUT2D eigenvalue weighted by Gasteiger charge is 2.38. The minimum atomic E-state index is -0.391. The maximum absolute atomic E-state index is 12.7. The number of likely N-dealkylation sites (tertiary alicyclic amines) is 1. The van der Waals surface area contributed by atoms with Crippen LogP contribution in [-0.4, -0.2) is 52.7 Å². The van der Waals surface area contributed by atoms with Gasteiger partial charge in [0.05, 0.1) is 11.1 Å². The zero-order valence-electron chi connectivity index (χ0n) is 14.1. The van der Waals surface area contributed by atoms with Crippen molar-refractivity contribution < 1.29 is 14.4 Å². The van der Waals surface area contributed by atoms with Gasteiger partial charge in [-0.1, -0.05) is 11.6 Å². The Kier molecular flexibility index (Phi) is 4.41. The third-order valence-electron chi connectivity index (χ3n) is 4.90. The summed E-state index contributed by atoms with van der Waals surface area (Å²) in [7, 11) is 0. The molecule has 2 heterocycles. The van der Waals surface area contributed by atoms with Crippen LogP contribution in [0.4, 0.5) is 0 Å². The molecule has 24 heavy (non-hydrogen) atoms. The summed E-state index contributed by atoms with van der Waals surface area (Å²) in [6, 6.07) is 5.00. The number of hydrogen-bond donors (Lipinski definition) is 1. The van der Waals surface area contributed by atoms with Gasteiger partial charge in [-0.2, -0.15) is 0 Å². The molecule has 6 nitrogen and oxygen atoms in total. The van der Waals surface area contributed by atoms with Gasteiger partial charge >= 0.3 is 0 Å². The first-order chi connectivity index (χ1) is 11.4. The smallest absolute Gasteiger partial charge is 0.262 e. The van der Waals surface area contributed by atoms with Crippen LogP contribution in [0.15, 0.2) is 18.2 Å². The summed E-state index contributed by atoms with van der Waals surface area (Å²) in [6.07, 6.45) is 2.84. The quantitative estimate of drug-likeness (QED) is 0.848. The Labute approximate surface area is 141 Å². The van der Waals surface area contributed by atoms with Gasteiger partial charge in [0.25, 0.3) is 11.8 Å². The van der Waals surface area contributed by atoms with E-state index in [4.69, 9.17) is 5.73 Å². The van der Waals surface area contributed by atoms with E-state index >= 15 is 0 Å². The zero-order valence-corrected chi connectivity index (χ0v) is 14.1. The molecule has 0 spiro atoms. The molecule has 1 aromatic carbocycles. The van der Waals surface area contributed by atoms with Crippen LogP contribution in [0.3, 0.4) is 0 Å². The molecule has 2 N–H and O–H groups in total. The van der Waals surface area contributed by atoms with Crippen LogP contribution in [0.2, 0.25) is 0 Å². The van der Waals surface area contributed by atoms with Crippen molar-refractivity contribution in [3.05, 3.63) is 34.9 Å². The Hall–Kier alpha value is -2.21. The predicted octanol–water partition coefficient (Wildman–Crippen LogP) is 1.32. The lowest BCUT2D eigenvalue weighted by Crippen LogP contribution is -2.54. The second-order valence-electron chi connectivity index (χ2n) is 6.75. The van der Waals surface area contributed by atoms with E-state index in [1.165, 1.54) is 0 Å². The van der Waals surface area contributed by atoms with Gasteiger partial charge in [0.15, 0.2) is 0 Å². The van der Waals surface area contributed by atoms with Crippen LogP contribution in [-0.2, 0) is 4.79 Å². The van der Waals surface area contributed by atoms with Gasteiger partial charge < -0.3 is 10.6 Å². The third-order valence-corrected chi connectivity index (χ3v) is 4.90. The number of nitrogens with zero attached hydrogens (tertiary/aromatic N) is 2. The fraction of sp³-hybridized carbons (Fsp3) is 0.500. The lowest BCUT2D eigenvalue weighted by molar-refractivity contribution is -0.135. The number of imide groups is 1. The molecule has 0 aliphatic carbocycles. The van der Waals surface area contributed by atoms with Gasteiger partial charge in [-0.25, -0.2) is 0 Å². The van der Waals surface area contributed by atoms with Crippen LogP contribution in [0.25, 0.3) is 0 Å². The highest BCUT2D eigenvalue weighted by molar-refractivity contribution is 6.22. The van der Waals surface area contributed by atoms with E-state index in [9.17, 15) is 14.4 Å². The molecule has 2 aliphatic rings. The maximum Gasteiger partial charge on any atom is 0.262 e. The minimum Gasteiger partial charge on any atom is -0.337 e. The van der Waals surface area contributed by atoms with Crippen LogP contribution in [0, 0.1) is 6.92 Å². The van der Waals surface area contributed by atoms with Crippen LogP contribution < -0.4 is 5.73 Å². The van der Waals surface area contributed by atoms with Crippen LogP contribution in [0.5, 0.6) is 0 Å². The number of fused-ring (bicyclic) bond motifs is 1. The van der Waals surface area contributed by atoms with Crippen molar-refractivity contribution in [2.75, 3.05) is 13.1 Å². The first-order valence-corrected chi connectivity index (χ1v) is 8.42. The molecule has 2 aliphatic heterocycles. The number of carbonyl (C=O) groups is 3. The predicted molar refractivity (Wildman–Crippen MR) is 89.5 cm³/mol. The molecule has 2 atom stereocenters. The summed E-state index contributed by atoms with van der Waals surface area (Å²) in [6.45, 7) is 4.18. The highest BCUT2D eigenvalue weighted by Crippen LogP contribution is 2.25. The Morgan fingerprint density at radius 2 is 1.96 bits per heavy atom. The number of hydrogen-bond acceptors (Lipinski definition) is 4. The molecule has 0 saturated carbocycles. The second-order valence-corrected chi connectivity index (χ2v) is 6.75. The third kappa shape index (κ3) is 2.82. The topological polar surface area (TPSA) is 83.7 Å². The first-order valence-electron chi connectivity index (χ1n) is 8.42. The van der Waals surface area contributed by atoms with Crippen molar-refractivity contribution in [2.45, 2.75) is 45.2 Å². The Morgan fingerprint density at radius 3 is 2.67 bits per heavy atom. The van der Waals surface area contributed by atoms with Crippen molar-refractivity contribution in [3.63, 3.8) is 0 Å². The van der Waals surface area contributed by atoms with Crippen LogP contribution in [0.1, 0.15) is 52.5 Å². The summed E-state index contributed by atoms with van der Waals surface area (Å²) in [5, 5.41) is 0. The van der Waals surface area contributed by atoms with Gasteiger partial charge in [-0.3, -0.25) is 19.3 Å². The molecule has 1 saturated heterocycles. The van der Waals surface area contributed by atoms with Crippen molar-refractivity contribution in [2.24, 2.45) is 5.73 Å². The molecular formula is C18H23N3O3. The number of benzene rings is 1. The van der Waals surface area contributed by atoms with E-state index in [2.05, 4.69) is 0 Å². The summed E-state index contributed by atoms with van der Waals surface area (Å²) in [4.78, 5) is 40.5. The fourth-order valence-electron chi connectivity index (χ4n) is 3.59. The van der Waals surface area contributed by atoms with Crippen molar-refractivity contribution in [3.8, 4) is 0 Å². The van der Waals surface area contributed by atoms with Crippen molar-refractivity contribution in [1.29, 1.82) is 0 Å². The minimum absolute atomic E-state index is 0.0244. The Morgan fingerprint density at radius 1 is 1.25 bits per heavy atom. The summed E-state index contributed by atoms with van der Waals surface area (Å²) >= 11 is 0. The van der Waals surface area contributed by atoms with E-state index < -0.39 is 5.91 Å². The molecule has 3 amide bonds. The van der Waals surface area contributed by atoms with Gasteiger partial charge in [0.2, 0.25) is 5.91 Å². The van der Waals surface area contributed by atoms with E-state index in [1.54, 1.807) is 23.1 Å². The Balaban J connectivity index is 1.78. The van der Waals surface area contributed by atoms with E-state index in [0.717, 1.165) is 29.7 Å². The molecule has 0 aromatic heterocycles. The van der Waals surface area contributed by atoms with Gasteiger partial charge in [-0.05, 0) is 45.2 Å². The van der Waals surface area contributed by atoms with Crippen molar-refractivity contribution >= 4 is 17.7 Å². The monoisotopic (exact) mass is 329 g/mol. The fourth-order valence-corrected chi connectivity index (χ4v) is 3.59. The van der Waals surface area contributed by atoms with E-state index in [0.29, 0.717) is 17.7 Å². The molecular weight excluding hydrogens is 306 g/mol. The number of aryl methyl sites for hydroxylation is 1. The number of piperidine rings is 1. The maximum atomic E-state index is 12.7. The number of amides is 3. The molecule has 6 heteroatoms. The lowest BCUT2D eigenvalue weighted by Gasteiger charge is -2.38. The summed E-state index contributed by atoms with van der Waals surface area (Å²) in [5.41, 5.74) is 7.68. The number of rotatable bonds is 3. The molecule has 2 unspecified atom stereocenters. The van der Waals surface area contributed by atoms with Gasteiger partial charge in [-0.15, -0.1) is 0 Å². The summed E-state index contributed by atoms with van der Waals surface area (Å²) < 4.78 is 0. The van der Waals surface area contributed by atoms with E-state index in [1.807, 2.05) is 13.8 Å². The largest absolute Gasteiger partial charge is 0.337 e. The lowest BCUT2D eigenvalue weighted by atomic mass is 9.97. The number of nitrogens with two attached hydrogens (primary N) is 1. The first kappa shape index (κ1) is 16.6. The van der Waals surface area contributed by atoms with Gasteiger partial charge in [0, 0.05) is 18.6 Å². The molecule has 1 fully saturated rings. The Bertz CT molecular complexity index is 699. The molecule has 128 valence electrons. The molecule has 0 bridgehead atoms. The SMILES string of the molecule is Cc1ccc2c(c1)C(=O)N(CC(=O)N1CCCCC1C(C)N)C2=O. The van der Waals surface area contributed by atoms with Crippen LogP contribution >= 0.6 is 0 Å². The van der Waals surface area contributed by atoms with Crippen molar-refractivity contribution in [1.82, 2.24) is 9.80 Å². The molecule has 3 rings (SSSR count). The van der Waals surface area contributed by atoms with Gasteiger partial charge in [0.1, 0.15) is 6.54 Å². The standard InChI is InChI=1S/C18H23N3O3/c1-11-6-7-13-14(9-11)18(24)21(17(13)23)10-16(22)20-8-4-3-5-15(20)12(2)19/h6-7,9,12,15H,3-5,8,10,19H2,1-2H3. The summed E-state index contributed by atoms with van der Waals surface area (Å²) in [5.74, 6) is -0.984. The molecule has 0 radical (unpaired) electrons. The average molecular weight is 329 g/mol. The zero-order chi connectivity index (χ0) is 17.4. The number of carbonyl (C=O) groups excluding carboxylic acids is 3. The average Bonchev–Trinajstić information content (AvgIpc) is 2.79. The second kappa shape index (κ2) is 6.36. The normalized spacial score (nSPS) is 21.9. The highest BCUT2D eigenvalue weighted by atomic mass is 16.2. The molecule has 1 aromatic rings. The van der Waals surface area contributed by atoms with E-state index in [-0.39, 0.29) is 30.4 Å².